The van der Waals surface area contributed by atoms with Crippen molar-refractivity contribution in [3.63, 3.8) is 0 Å². The molecule has 13 rings (SSSR count). The number of rotatable bonds is 12. The van der Waals surface area contributed by atoms with E-state index in [0.717, 1.165) is 33.5 Å². The molecule has 1 aliphatic heterocycles. The molecule has 0 saturated heterocycles. The normalized spacial score (nSPS) is 12.0. The van der Waals surface area contributed by atoms with Crippen molar-refractivity contribution in [3.05, 3.63) is 168 Å². The molecule has 90 heavy (non-hydrogen) atoms. The van der Waals surface area contributed by atoms with Crippen LogP contribution in [0.5, 0.6) is 11.5 Å². The number of nitrogens with one attached hydrogen (secondary N) is 2. The third kappa shape index (κ3) is 11.7. The maximum Gasteiger partial charge on any atom is 0.255 e. The van der Waals surface area contributed by atoms with Gasteiger partial charge in [-0.05, 0) is 97.1 Å². The van der Waals surface area contributed by atoms with Crippen molar-refractivity contribution < 1.29 is 62.7 Å². The first-order valence-electron chi connectivity index (χ1n) is 27.0. The van der Waals surface area contributed by atoms with Gasteiger partial charge in [0.1, 0.15) is 57.2 Å². The van der Waals surface area contributed by atoms with Gasteiger partial charge in [0.25, 0.3) is 5.91 Å². The summed E-state index contributed by atoms with van der Waals surface area (Å²) in [5.41, 5.74) is 5.97. The molecule has 0 bridgehead atoms. The minimum absolute atomic E-state index is 0.0758. The van der Waals surface area contributed by atoms with E-state index < -0.39 is 49.2 Å². The molecule has 0 unspecified atom stereocenters. The standard InChI is InChI=1S/C32H24F2N4O5S.C30H23F2N5O5S.CH2ClI/c1-4-27(39)30-21-11-20(24(37(2)44(3,40)41)13-29(21)43-32(30)17-5-7-18(33)8-6-17)23-9-10-28-31(36-23)25-12-19-22(34)14-35-15-26(19)38(25)16-42-28;1-33-30(39)27-19-10-18(21-8-9-25(38)28(36-21)22-11-17-20(32)13-34-14-23(17)35-22)24(37(2)43(3,40)41)12-26(19)42-29(27)15-4-6-16(31)7-5-15;2-1-3/h5-15H,4,16H2,1-3H3;4-14,35,38H,1-3H3,(H,33,39);1H2. The number of carbonyl (C=O) groups is 2. The number of fused-ring (bicyclic) bond motifs is 8. The predicted molar refractivity (Wildman–Crippen MR) is 345 cm³/mol. The Morgan fingerprint density at radius 3 is 1.73 bits per heavy atom. The second-order valence-electron chi connectivity index (χ2n) is 20.4. The summed E-state index contributed by atoms with van der Waals surface area (Å²) >= 11 is 7.04. The molecule has 0 atom stereocenters. The molecule has 0 spiro atoms. The number of hydrogen-bond donors (Lipinski definition) is 3. The van der Waals surface area contributed by atoms with Gasteiger partial charge in [-0.15, -0.1) is 11.6 Å². The largest absolute Gasteiger partial charge is 0.506 e. The smallest absolute Gasteiger partial charge is 0.255 e. The molecular weight excluding hydrogens is 1350 g/mol. The molecule has 0 fully saturated rings. The molecule has 0 aliphatic carbocycles. The molecular formula is C63H49ClF4IN9O10S2. The van der Waals surface area contributed by atoms with E-state index in [1.165, 1.54) is 100 Å². The molecule has 3 N–H and O–H groups in total. The highest BCUT2D eigenvalue weighted by atomic mass is 127. The average Bonchev–Trinajstić information content (AvgIpc) is 1.57. The minimum atomic E-state index is -3.79. The number of carbonyl (C=O) groups excluding carboxylic acids is 2. The Balaban J connectivity index is 0.000000178. The van der Waals surface area contributed by atoms with Gasteiger partial charge in [-0.25, -0.2) is 44.4 Å². The SMILES string of the molecule is CCC(=O)c1c(-c2ccc(F)cc2)oc2cc(N(C)S(C)(=O)=O)c(-c3ccc4c(n3)-c3cc5c(F)cncc5n3CO4)cc12.CNC(=O)c1c(-c2ccc(F)cc2)oc2cc(N(C)S(C)(=O)=O)c(-c3ccc(O)c(-c4cc5c(F)cncc5[nH]4)n3)cc12.ClCI. The van der Waals surface area contributed by atoms with Crippen molar-refractivity contribution in [3.8, 4) is 79.4 Å². The Labute approximate surface area is 529 Å². The van der Waals surface area contributed by atoms with Crippen molar-refractivity contribution in [1.82, 2.24) is 34.8 Å². The zero-order valence-electron chi connectivity index (χ0n) is 48.2. The number of halogens is 6. The van der Waals surface area contributed by atoms with Gasteiger partial charge in [0.05, 0.1) is 97.5 Å². The molecule has 27 heteroatoms. The zero-order chi connectivity index (χ0) is 64.2. The van der Waals surface area contributed by atoms with Crippen molar-refractivity contribution >= 4 is 121 Å². The number of amides is 1. The number of benzene rings is 4. The van der Waals surface area contributed by atoms with Gasteiger partial charge in [0, 0.05) is 83.5 Å². The summed E-state index contributed by atoms with van der Waals surface area (Å²) in [5, 5.41) is 14.7. The summed E-state index contributed by atoms with van der Waals surface area (Å²) in [7, 11) is -3.31. The quantitative estimate of drug-likeness (QED) is 0.0445. The summed E-state index contributed by atoms with van der Waals surface area (Å²) in [6.45, 7) is 1.86. The lowest BCUT2D eigenvalue weighted by atomic mass is 9.97. The van der Waals surface area contributed by atoms with Crippen molar-refractivity contribution in [2.24, 2.45) is 0 Å². The molecule has 19 nitrogen and oxygen atoms in total. The van der Waals surface area contributed by atoms with Gasteiger partial charge in [0.2, 0.25) is 20.0 Å². The van der Waals surface area contributed by atoms with Crippen molar-refractivity contribution in [2.75, 3.05) is 46.2 Å². The molecule has 1 aliphatic rings. The average molecular weight is 1390 g/mol. The number of hydrogen-bond acceptors (Lipinski definition) is 14. The number of ether oxygens (including phenoxy) is 1. The number of ketones is 1. The predicted octanol–water partition coefficient (Wildman–Crippen LogP) is 13.9. The van der Waals surface area contributed by atoms with Gasteiger partial charge < -0.3 is 33.5 Å². The lowest BCUT2D eigenvalue weighted by Gasteiger charge is -2.23. The number of H-pyrrole nitrogens is 1. The maximum absolute atomic E-state index is 14.6. The molecule has 9 heterocycles. The van der Waals surface area contributed by atoms with Crippen LogP contribution >= 0.6 is 34.2 Å². The van der Waals surface area contributed by atoms with E-state index in [-0.39, 0.29) is 81.1 Å². The third-order valence-corrected chi connectivity index (χ3v) is 17.3. The van der Waals surface area contributed by atoms with E-state index in [0.29, 0.717) is 87.4 Å². The number of alkyl halides is 2. The molecule has 12 aromatic rings. The van der Waals surface area contributed by atoms with Crippen LogP contribution in [0.15, 0.2) is 143 Å². The topological polar surface area (TPSA) is 249 Å². The lowest BCUT2D eigenvalue weighted by Crippen LogP contribution is -2.25. The van der Waals surface area contributed by atoms with Crippen molar-refractivity contribution in [1.29, 1.82) is 0 Å². The number of nitrogens with zero attached hydrogens (tertiary/aromatic N) is 7. The fraction of sp³-hybridized carbons (Fsp3) is 0.143. The zero-order valence-corrected chi connectivity index (χ0v) is 52.7. The Morgan fingerprint density at radius 2 is 1.20 bits per heavy atom. The van der Waals surface area contributed by atoms with Gasteiger partial charge in [-0.1, -0.05) is 29.5 Å². The summed E-state index contributed by atoms with van der Waals surface area (Å²) in [6, 6.07) is 26.7. The number of sulfonamides is 2. The first kappa shape index (κ1) is 62.2. The van der Waals surface area contributed by atoms with E-state index in [1.54, 1.807) is 54.1 Å². The van der Waals surface area contributed by atoms with Gasteiger partial charge in [-0.2, -0.15) is 0 Å². The van der Waals surface area contributed by atoms with Crippen LogP contribution in [0.2, 0.25) is 0 Å². The first-order valence-corrected chi connectivity index (χ1v) is 32.8. The molecule has 460 valence electrons. The van der Waals surface area contributed by atoms with Crippen molar-refractivity contribution in [2.45, 2.75) is 20.1 Å². The van der Waals surface area contributed by atoms with Gasteiger partial charge in [-0.3, -0.25) is 28.2 Å². The Kier molecular flexibility index (Phi) is 17.0. The number of furan rings is 2. The Bertz CT molecular complexity index is 5100. The minimum Gasteiger partial charge on any atom is -0.506 e. The number of pyridine rings is 4. The fourth-order valence-corrected chi connectivity index (χ4v) is 11.4. The molecule has 0 radical (unpaired) electrons. The van der Waals surface area contributed by atoms with E-state index >= 15 is 0 Å². The van der Waals surface area contributed by atoms with E-state index in [4.69, 9.17) is 30.2 Å². The Morgan fingerprint density at radius 1 is 0.689 bits per heavy atom. The molecule has 1 amide bonds. The summed E-state index contributed by atoms with van der Waals surface area (Å²) < 4.78 is 130. The number of Topliss-reactive ketones (excluding diaryl/α,β-unsaturated/α-hetero) is 1. The van der Waals surface area contributed by atoms with E-state index in [1.807, 2.05) is 0 Å². The number of aromatic hydroxyl groups is 1. The van der Waals surface area contributed by atoms with Crippen LogP contribution in [0.25, 0.3) is 112 Å². The van der Waals surface area contributed by atoms with Crippen LogP contribution in [0.1, 0.15) is 34.1 Å². The summed E-state index contributed by atoms with van der Waals surface area (Å²) in [5.74, 6) is -1.96. The first-order chi connectivity index (χ1) is 42.9. The fourth-order valence-electron chi connectivity index (χ4n) is 10.4. The summed E-state index contributed by atoms with van der Waals surface area (Å²) in [6.07, 6.45) is 7.49. The van der Waals surface area contributed by atoms with Crippen LogP contribution in [0, 0.1) is 23.3 Å². The van der Waals surface area contributed by atoms with Crippen LogP contribution in [0.3, 0.4) is 0 Å². The van der Waals surface area contributed by atoms with Crippen LogP contribution in [0.4, 0.5) is 28.9 Å². The van der Waals surface area contributed by atoms with E-state index in [9.17, 15) is 49.1 Å². The molecule has 8 aromatic heterocycles. The molecule has 0 saturated carbocycles. The van der Waals surface area contributed by atoms with Gasteiger partial charge >= 0.3 is 0 Å². The molecule has 4 aromatic carbocycles. The number of aromatic nitrogens is 6. The second-order valence-corrected chi connectivity index (χ2v) is 26.4. The van der Waals surface area contributed by atoms with Crippen LogP contribution < -0.4 is 18.7 Å². The number of aromatic amines is 1. The van der Waals surface area contributed by atoms with E-state index in [2.05, 4.69) is 47.8 Å². The highest BCUT2D eigenvalue weighted by Gasteiger charge is 2.31. The second kappa shape index (κ2) is 24.5. The number of anilines is 2. The van der Waals surface area contributed by atoms with Crippen LogP contribution in [-0.2, 0) is 26.8 Å². The lowest BCUT2D eigenvalue weighted by molar-refractivity contribution is 0.0962. The maximum atomic E-state index is 14.6. The van der Waals surface area contributed by atoms with Crippen LogP contribution in [-0.4, -0.2) is 101 Å². The third-order valence-electron chi connectivity index (χ3n) is 15.0. The highest BCUT2D eigenvalue weighted by molar-refractivity contribution is 14.1. The Hall–Kier alpha value is -9.38. The van der Waals surface area contributed by atoms with Gasteiger partial charge in [0.15, 0.2) is 24.1 Å². The monoisotopic (exact) mass is 1390 g/mol. The highest BCUT2D eigenvalue weighted by Crippen LogP contribution is 2.46. The summed E-state index contributed by atoms with van der Waals surface area (Å²) in [4.78, 5) is 46.7.